The molecule has 0 saturated carbocycles. The van der Waals surface area contributed by atoms with Crippen molar-refractivity contribution in [2.45, 2.75) is 0 Å². The minimum absolute atomic E-state index is 0.225. The Bertz CT molecular complexity index is 605. The molecule has 1 aromatic carbocycles. The van der Waals surface area contributed by atoms with Gasteiger partial charge in [0.1, 0.15) is 5.82 Å². The van der Waals surface area contributed by atoms with Crippen LogP contribution in [0.1, 0.15) is 10.4 Å². The number of nitrogens with zero attached hydrogens (tertiary/aromatic N) is 2. The summed E-state index contributed by atoms with van der Waals surface area (Å²) in [6.07, 6.45) is 1.62. The van der Waals surface area contributed by atoms with Gasteiger partial charge in [0.2, 0.25) is 0 Å². The molecule has 1 heterocycles. The quantitative estimate of drug-likeness (QED) is 0.846. The number of rotatable bonds is 3. The van der Waals surface area contributed by atoms with Gasteiger partial charge in [-0.2, -0.15) is 0 Å². The zero-order valence-electron chi connectivity index (χ0n) is 11.2. The van der Waals surface area contributed by atoms with Crippen molar-refractivity contribution in [2.24, 2.45) is 0 Å². The molecule has 0 radical (unpaired) electrons. The number of pyridine rings is 1. The summed E-state index contributed by atoms with van der Waals surface area (Å²) in [6, 6.07) is 8.73. The average Bonchev–Trinajstić information content (AvgIpc) is 2.38. The van der Waals surface area contributed by atoms with Gasteiger partial charge in [-0.1, -0.05) is 15.9 Å². The van der Waals surface area contributed by atoms with Crippen LogP contribution in [0.2, 0.25) is 0 Å². The summed E-state index contributed by atoms with van der Waals surface area (Å²) in [7, 11) is 3.82. The number of carbonyl (C=O) groups is 1. The highest BCUT2D eigenvalue weighted by molar-refractivity contribution is 9.10. The van der Waals surface area contributed by atoms with E-state index >= 15 is 0 Å². The molecule has 20 heavy (non-hydrogen) atoms. The van der Waals surface area contributed by atoms with Gasteiger partial charge in [0, 0.05) is 29.8 Å². The summed E-state index contributed by atoms with van der Waals surface area (Å²) in [5.74, 6) is 0.604. The first-order chi connectivity index (χ1) is 9.45. The Morgan fingerprint density at radius 3 is 2.60 bits per heavy atom. The van der Waals surface area contributed by atoms with E-state index < -0.39 is 0 Å². The van der Waals surface area contributed by atoms with Gasteiger partial charge in [0.05, 0.1) is 11.9 Å². The van der Waals surface area contributed by atoms with Gasteiger partial charge in [-0.3, -0.25) is 4.79 Å². The molecule has 0 aliphatic heterocycles. The molecule has 0 aliphatic rings. The third-order valence-electron chi connectivity index (χ3n) is 2.65. The SMILES string of the molecule is CN(C)c1ccc(NC(=O)c2cc(N)cc(Br)c2)cn1. The number of carbonyl (C=O) groups excluding carboxylic acids is 1. The summed E-state index contributed by atoms with van der Waals surface area (Å²) in [5, 5.41) is 2.78. The maximum atomic E-state index is 12.1. The second kappa shape index (κ2) is 5.92. The first-order valence-corrected chi connectivity index (χ1v) is 6.76. The Kier molecular flexibility index (Phi) is 4.24. The predicted octanol–water partition coefficient (Wildman–Crippen LogP) is 2.74. The van der Waals surface area contributed by atoms with Gasteiger partial charge in [-0.15, -0.1) is 0 Å². The number of benzene rings is 1. The van der Waals surface area contributed by atoms with Crippen LogP contribution in [0.25, 0.3) is 0 Å². The van der Waals surface area contributed by atoms with Crippen molar-refractivity contribution in [3.63, 3.8) is 0 Å². The Hall–Kier alpha value is -2.08. The molecule has 104 valence electrons. The summed E-state index contributed by atoms with van der Waals surface area (Å²) >= 11 is 3.31. The van der Waals surface area contributed by atoms with E-state index in [-0.39, 0.29) is 5.91 Å². The van der Waals surface area contributed by atoms with Crippen LogP contribution in [0.5, 0.6) is 0 Å². The number of hydrogen-bond acceptors (Lipinski definition) is 4. The lowest BCUT2D eigenvalue weighted by Crippen LogP contribution is -2.14. The Morgan fingerprint density at radius 2 is 2.05 bits per heavy atom. The van der Waals surface area contributed by atoms with Gasteiger partial charge in [-0.05, 0) is 30.3 Å². The van der Waals surface area contributed by atoms with Gasteiger partial charge in [0.15, 0.2) is 0 Å². The van der Waals surface area contributed by atoms with E-state index in [4.69, 9.17) is 5.73 Å². The Labute approximate surface area is 125 Å². The standard InChI is InChI=1S/C14H15BrN4O/c1-19(2)13-4-3-12(8-17-13)18-14(20)9-5-10(15)7-11(16)6-9/h3-8H,16H2,1-2H3,(H,18,20). The number of anilines is 3. The van der Waals surface area contributed by atoms with E-state index in [0.29, 0.717) is 16.9 Å². The van der Waals surface area contributed by atoms with E-state index in [2.05, 4.69) is 26.2 Å². The highest BCUT2D eigenvalue weighted by Gasteiger charge is 2.08. The van der Waals surface area contributed by atoms with E-state index in [1.807, 2.05) is 31.1 Å². The lowest BCUT2D eigenvalue weighted by atomic mass is 10.2. The van der Waals surface area contributed by atoms with Crippen LogP contribution in [0, 0.1) is 0 Å². The van der Waals surface area contributed by atoms with Crippen molar-refractivity contribution in [1.29, 1.82) is 0 Å². The summed E-state index contributed by atoms with van der Waals surface area (Å²) in [5.41, 5.74) is 7.38. The predicted molar refractivity (Wildman–Crippen MR) is 85.1 cm³/mol. The molecule has 3 N–H and O–H groups in total. The number of aromatic nitrogens is 1. The van der Waals surface area contributed by atoms with Crippen molar-refractivity contribution < 1.29 is 4.79 Å². The van der Waals surface area contributed by atoms with Gasteiger partial charge in [0.25, 0.3) is 5.91 Å². The fraction of sp³-hybridized carbons (Fsp3) is 0.143. The summed E-state index contributed by atoms with van der Waals surface area (Å²) < 4.78 is 0.767. The molecule has 6 heteroatoms. The van der Waals surface area contributed by atoms with Crippen molar-refractivity contribution in [2.75, 3.05) is 30.0 Å². The molecule has 0 unspecified atom stereocenters. The van der Waals surface area contributed by atoms with E-state index in [0.717, 1.165) is 10.3 Å². The number of nitrogens with two attached hydrogens (primary N) is 1. The Balaban J connectivity index is 2.14. The molecule has 0 fully saturated rings. The monoisotopic (exact) mass is 334 g/mol. The number of nitrogen functional groups attached to an aromatic ring is 1. The molecular formula is C14H15BrN4O. The first kappa shape index (κ1) is 14.3. The highest BCUT2D eigenvalue weighted by atomic mass is 79.9. The van der Waals surface area contributed by atoms with Crippen LogP contribution in [0.3, 0.4) is 0 Å². The molecule has 5 nitrogen and oxygen atoms in total. The third kappa shape index (κ3) is 3.48. The lowest BCUT2D eigenvalue weighted by molar-refractivity contribution is 0.102. The van der Waals surface area contributed by atoms with Crippen molar-refractivity contribution in [1.82, 2.24) is 4.98 Å². The molecule has 0 bridgehead atoms. The van der Waals surface area contributed by atoms with E-state index in [9.17, 15) is 4.79 Å². The summed E-state index contributed by atoms with van der Waals surface area (Å²) in [6.45, 7) is 0. The number of nitrogens with one attached hydrogen (secondary N) is 1. The third-order valence-corrected chi connectivity index (χ3v) is 3.10. The van der Waals surface area contributed by atoms with Crippen molar-refractivity contribution in [3.05, 3.63) is 46.6 Å². The number of amides is 1. The smallest absolute Gasteiger partial charge is 0.255 e. The zero-order valence-corrected chi connectivity index (χ0v) is 12.8. The summed E-state index contributed by atoms with van der Waals surface area (Å²) in [4.78, 5) is 18.2. The molecule has 1 amide bonds. The fourth-order valence-electron chi connectivity index (χ4n) is 1.67. The van der Waals surface area contributed by atoms with Gasteiger partial charge in [-0.25, -0.2) is 4.98 Å². The number of halogens is 1. The fourth-order valence-corrected chi connectivity index (χ4v) is 2.18. The first-order valence-electron chi connectivity index (χ1n) is 5.96. The molecule has 0 saturated heterocycles. The normalized spacial score (nSPS) is 10.2. The zero-order chi connectivity index (χ0) is 14.7. The van der Waals surface area contributed by atoms with Crippen LogP contribution in [0.15, 0.2) is 41.0 Å². The molecular weight excluding hydrogens is 320 g/mol. The van der Waals surface area contributed by atoms with Crippen LogP contribution in [-0.2, 0) is 0 Å². The second-order valence-corrected chi connectivity index (χ2v) is 5.44. The average molecular weight is 335 g/mol. The van der Waals surface area contributed by atoms with E-state index in [1.165, 1.54) is 0 Å². The van der Waals surface area contributed by atoms with Gasteiger partial charge >= 0.3 is 0 Å². The van der Waals surface area contributed by atoms with Crippen LogP contribution in [-0.4, -0.2) is 25.0 Å². The lowest BCUT2D eigenvalue weighted by Gasteiger charge is -2.12. The number of hydrogen-bond donors (Lipinski definition) is 2. The molecule has 2 rings (SSSR count). The topological polar surface area (TPSA) is 71.2 Å². The molecule has 2 aromatic rings. The van der Waals surface area contributed by atoms with Crippen LogP contribution in [0.4, 0.5) is 17.2 Å². The van der Waals surface area contributed by atoms with Crippen molar-refractivity contribution >= 4 is 39.0 Å². The molecule has 0 aliphatic carbocycles. The molecule has 1 aromatic heterocycles. The maximum Gasteiger partial charge on any atom is 0.255 e. The van der Waals surface area contributed by atoms with Gasteiger partial charge < -0.3 is 16.0 Å². The molecule has 0 atom stereocenters. The molecule has 0 spiro atoms. The second-order valence-electron chi connectivity index (χ2n) is 4.53. The highest BCUT2D eigenvalue weighted by Crippen LogP contribution is 2.19. The van der Waals surface area contributed by atoms with Crippen molar-refractivity contribution in [3.8, 4) is 0 Å². The minimum atomic E-state index is -0.225. The van der Waals surface area contributed by atoms with Crippen LogP contribution >= 0.6 is 15.9 Å². The largest absolute Gasteiger partial charge is 0.399 e. The van der Waals surface area contributed by atoms with E-state index in [1.54, 1.807) is 24.4 Å². The van der Waals surface area contributed by atoms with Crippen LogP contribution < -0.4 is 16.0 Å². The minimum Gasteiger partial charge on any atom is -0.399 e. The Morgan fingerprint density at radius 1 is 1.30 bits per heavy atom. The maximum absolute atomic E-state index is 12.1.